The zero-order chi connectivity index (χ0) is 20.0. The molecule has 0 unspecified atom stereocenters. The Bertz CT molecular complexity index is 1230. The maximum absolute atomic E-state index is 12.8. The number of nitrogens with zero attached hydrogens (tertiary/aromatic N) is 4. The van der Waals surface area contributed by atoms with E-state index in [1.165, 1.54) is 30.0 Å². The SMILES string of the molecule is O=C(c1ccc([N+](=O)[O-])cc1)N1CCc2c(sc3nc(-c4ccccc4)cn23)C1. The van der Waals surface area contributed by atoms with Gasteiger partial charge in [0.05, 0.1) is 17.2 Å². The molecule has 0 bridgehead atoms. The number of rotatable bonds is 3. The monoisotopic (exact) mass is 404 g/mol. The van der Waals surface area contributed by atoms with Crippen LogP contribution in [0.2, 0.25) is 0 Å². The molecule has 144 valence electrons. The number of thiazole rings is 1. The van der Waals surface area contributed by atoms with Gasteiger partial charge in [0.15, 0.2) is 4.96 Å². The van der Waals surface area contributed by atoms with Gasteiger partial charge in [-0.15, -0.1) is 0 Å². The van der Waals surface area contributed by atoms with Gasteiger partial charge >= 0.3 is 0 Å². The van der Waals surface area contributed by atoms with Crippen molar-refractivity contribution >= 4 is 27.9 Å². The van der Waals surface area contributed by atoms with Gasteiger partial charge in [0.2, 0.25) is 0 Å². The lowest BCUT2D eigenvalue weighted by Gasteiger charge is -2.26. The number of non-ortho nitro benzene ring substituents is 1. The Morgan fingerprint density at radius 1 is 1.10 bits per heavy atom. The normalized spacial score (nSPS) is 13.4. The highest BCUT2D eigenvalue weighted by molar-refractivity contribution is 7.17. The Morgan fingerprint density at radius 2 is 1.86 bits per heavy atom. The average molecular weight is 404 g/mol. The van der Waals surface area contributed by atoms with Crippen LogP contribution in [0, 0.1) is 10.1 Å². The number of aromatic nitrogens is 2. The Labute approximate surface area is 170 Å². The van der Waals surface area contributed by atoms with Crippen molar-refractivity contribution in [3.8, 4) is 11.3 Å². The summed E-state index contributed by atoms with van der Waals surface area (Å²) in [6, 6.07) is 15.8. The van der Waals surface area contributed by atoms with Crippen molar-refractivity contribution in [2.45, 2.75) is 13.0 Å². The third-order valence-electron chi connectivity index (χ3n) is 5.14. The van der Waals surface area contributed by atoms with E-state index in [-0.39, 0.29) is 11.6 Å². The van der Waals surface area contributed by atoms with Gasteiger partial charge in [0.25, 0.3) is 11.6 Å². The Morgan fingerprint density at radius 3 is 2.59 bits per heavy atom. The molecule has 0 saturated carbocycles. The molecule has 0 fully saturated rings. The number of nitro benzene ring substituents is 1. The zero-order valence-corrected chi connectivity index (χ0v) is 16.1. The minimum Gasteiger partial charge on any atom is -0.333 e. The number of amides is 1. The third kappa shape index (κ3) is 3.07. The fraction of sp³-hybridized carbons (Fsp3) is 0.143. The topological polar surface area (TPSA) is 80.8 Å². The summed E-state index contributed by atoms with van der Waals surface area (Å²) in [5.74, 6) is -0.110. The summed E-state index contributed by atoms with van der Waals surface area (Å²) >= 11 is 1.61. The molecule has 0 spiro atoms. The number of carbonyl (C=O) groups is 1. The van der Waals surface area contributed by atoms with Gasteiger partial charge in [0, 0.05) is 53.0 Å². The lowest BCUT2D eigenvalue weighted by molar-refractivity contribution is -0.384. The van der Waals surface area contributed by atoms with E-state index in [9.17, 15) is 14.9 Å². The van der Waals surface area contributed by atoms with Crippen molar-refractivity contribution in [2.75, 3.05) is 6.54 Å². The summed E-state index contributed by atoms with van der Waals surface area (Å²) in [4.78, 5) is 31.8. The van der Waals surface area contributed by atoms with Crippen LogP contribution in [-0.4, -0.2) is 31.7 Å². The van der Waals surface area contributed by atoms with Gasteiger partial charge in [-0.25, -0.2) is 4.98 Å². The van der Waals surface area contributed by atoms with Crippen molar-refractivity contribution in [2.24, 2.45) is 0 Å². The van der Waals surface area contributed by atoms with E-state index >= 15 is 0 Å². The molecule has 0 atom stereocenters. The van der Waals surface area contributed by atoms with Crippen LogP contribution in [0.1, 0.15) is 20.9 Å². The van der Waals surface area contributed by atoms with Crippen molar-refractivity contribution in [1.29, 1.82) is 0 Å². The minimum absolute atomic E-state index is 0.0174. The first-order chi connectivity index (χ1) is 14.1. The molecule has 0 saturated heterocycles. The maximum atomic E-state index is 12.8. The van der Waals surface area contributed by atoms with E-state index < -0.39 is 4.92 Å². The number of fused-ring (bicyclic) bond motifs is 3. The Balaban J connectivity index is 1.39. The lowest BCUT2D eigenvalue weighted by Crippen LogP contribution is -2.35. The summed E-state index contributed by atoms with van der Waals surface area (Å²) in [6.07, 6.45) is 2.81. The van der Waals surface area contributed by atoms with Gasteiger partial charge in [-0.2, -0.15) is 0 Å². The van der Waals surface area contributed by atoms with Crippen LogP contribution >= 0.6 is 11.3 Å². The highest BCUT2D eigenvalue weighted by Crippen LogP contribution is 2.31. The van der Waals surface area contributed by atoms with Crippen LogP contribution in [0.15, 0.2) is 60.8 Å². The van der Waals surface area contributed by atoms with Crippen molar-refractivity contribution in [1.82, 2.24) is 14.3 Å². The first-order valence-electron chi connectivity index (χ1n) is 9.19. The smallest absolute Gasteiger partial charge is 0.269 e. The molecule has 0 aliphatic carbocycles. The number of benzene rings is 2. The molecule has 29 heavy (non-hydrogen) atoms. The van der Waals surface area contributed by atoms with Crippen LogP contribution in [0.4, 0.5) is 5.69 Å². The summed E-state index contributed by atoms with van der Waals surface area (Å²) < 4.78 is 2.13. The number of hydrogen-bond donors (Lipinski definition) is 0. The first kappa shape index (κ1) is 17.6. The molecule has 0 N–H and O–H groups in total. The van der Waals surface area contributed by atoms with Crippen LogP contribution in [-0.2, 0) is 13.0 Å². The maximum Gasteiger partial charge on any atom is 0.269 e. The number of carbonyl (C=O) groups excluding carboxylic acids is 1. The van der Waals surface area contributed by atoms with Crippen molar-refractivity contribution < 1.29 is 9.72 Å². The molecule has 5 rings (SSSR count). The summed E-state index contributed by atoms with van der Waals surface area (Å²) in [7, 11) is 0. The largest absolute Gasteiger partial charge is 0.333 e. The van der Waals surface area contributed by atoms with Gasteiger partial charge in [0.1, 0.15) is 0 Å². The molecule has 3 heterocycles. The molecule has 0 radical (unpaired) electrons. The van der Waals surface area contributed by atoms with Crippen LogP contribution in [0.25, 0.3) is 16.2 Å². The molecular weight excluding hydrogens is 388 g/mol. The molecule has 1 aliphatic heterocycles. The Hall–Kier alpha value is -3.52. The highest BCUT2D eigenvalue weighted by atomic mass is 32.1. The molecule has 7 nitrogen and oxygen atoms in total. The molecule has 8 heteroatoms. The molecule has 1 aliphatic rings. The second kappa shape index (κ2) is 6.82. The van der Waals surface area contributed by atoms with E-state index in [1.807, 2.05) is 30.3 Å². The molecular formula is C21H16N4O3S. The van der Waals surface area contributed by atoms with E-state index in [2.05, 4.69) is 10.6 Å². The van der Waals surface area contributed by atoms with Crippen LogP contribution in [0.3, 0.4) is 0 Å². The standard InChI is InChI=1S/C21H16N4O3S/c26-20(15-6-8-16(9-7-15)25(27)28)23-11-10-18-19(13-23)29-21-22-17(12-24(18)21)14-4-2-1-3-5-14/h1-9,12H,10-11,13H2. The summed E-state index contributed by atoms with van der Waals surface area (Å²) in [5, 5.41) is 10.8. The molecule has 4 aromatic rings. The first-order valence-corrected chi connectivity index (χ1v) is 10.0. The second-order valence-electron chi connectivity index (χ2n) is 6.90. The predicted molar refractivity (Wildman–Crippen MR) is 110 cm³/mol. The fourth-order valence-electron chi connectivity index (χ4n) is 3.64. The van der Waals surface area contributed by atoms with Crippen molar-refractivity contribution in [3.63, 3.8) is 0 Å². The Kier molecular flexibility index (Phi) is 4.13. The van der Waals surface area contributed by atoms with E-state index in [4.69, 9.17) is 4.98 Å². The third-order valence-corrected chi connectivity index (χ3v) is 6.22. The van der Waals surface area contributed by atoms with Gasteiger partial charge < -0.3 is 4.90 Å². The average Bonchev–Trinajstić information content (AvgIpc) is 3.31. The molecule has 2 aromatic carbocycles. The van der Waals surface area contributed by atoms with Gasteiger partial charge in [-0.3, -0.25) is 19.3 Å². The number of imidazole rings is 1. The van der Waals surface area contributed by atoms with Crippen LogP contribution < -0.4 is 0 Å². The highest BCUT2D eigenvalue weighted by Gasteiger charge is 2.26. The lowest BCUT2D eigenvalue weighted by atomic mass is 10.1. The van der Waals surface area contributed by atoms with E-state index in [0.717, 1.165) is 27.5 Å². The van der Waals surface area contributed by atoms with Crippen molar-refractivity contribution in [3.05, 3.63) is 87.0 Å². The summed E-state index contributed by atoms with van der Waals surface area (Å²) in [6.45, 7) is 1.13. The second-order valence-corrected chi connectivity index (χ2v) is 7.96. The number of nitro groups is 1. The fourth-order valence-corrected chi connectivity index (χ4v) is 4.80. The van der Waals surface area contributed by atoms with Gasteiger partial charge in [-0.05, 0) is 12.1 Å². The van der Waals surface area contributed by atoms with Gasteiger partial charge in [-0.1, -0.05) is 41.7 Å². The van der Waals surface area contributed by atoms with E-state index in [1.54, 1.807) is 16.2 Å². The quantitative estimate of drug-likeness (QED) is 0.379. The predicted octanol–water partition coefficient (Wildman–Crippen LogP) is 4.17. The minimum atomic E-state index is -0.466. The summed E-state index contributed by atoms with van der Waals surface area (Å²) in [5.41, 5.74) is 3.68. The molecule has 2 aromatic heterocycles. The van der Waals surface area contributed by atoms with E-state index in [0.29, 0.717) is 18.7 Å². The molecule has 1 amide bonds. The van der Waals surface area contributed by atoms with Crippen LogP contribution in [0.5, 0.6) is 0 Å². The zero-order valence-electron chi connectivity index (χ0n) is 15.3. The number of hydrogen-bond acceptors (Lipinski definition) is 5.